The lowest BCUT2D eigenvalue weighted by Gasteiger charge is -2.19. The highest BCUT2D eigenvalue weighted by Gasteiger charge is 2.15. The second-order valence-corrected chi connectivity index (χ2v) is 4.79. The molecule has 0 saturated heterocycles. The number of benzene rings is 2. The zero-order valence-electron chi connectivity index (χ0n) is 10.8. The van der Waals surface area contributed by atoms with Crippen LogP contribution in [0.25, 0.3) is 10.8 Å². The Kier molecular flexibility index (Phi) is 3.12. The van der Waals surface area contributed by atoms with Crippen LogP contribution in [0.2, 0.25) is 0 Å². The second-order valence-electron chi connectivity index (χ2n) is 4.79. The number of methoxy groups -OCH3 is 1. The van der Waals surface area contributed by atoms with Gasteiger partial charge in [-0.3, -0.25) is 0 Å². The van der Waals surface area contributed by atoms with Crippen LogP contribution >= 0.6 is 0 Å². The van der Waals surface area contributed by atoms with E-state index in [4.69, 9.17) is 10.00 Å². The Bertz CT molecular complexity index is 611. The number of nitriles is 1. The number of hydrogen-bond donors (Lipinski definition) is 1. The third-order valence-electron chi connectivity index (χ3n) is 2.78. The third-order valence-corrected chi connectivity index (χ3v) is 2.78. The van der Waals surface area contributed by atoms with Gasteiger partial charge in [-0.25, -0.2) is 0 Å². The fourth-order valence-electron chi connectivity index (χ4n) is 1.82. The first kappa shape index (κ1) is 12.3. The van der Waals surface area contributed by atoms with Crippen molar-refractivity contribution in [2.75, 3.05) is 12.4 Å². The first-order valence-electron chi connectivity index (χ1n) is 5.81. The van der Waals surface area contributed by atoms with Crippen LogP contribution in [-0.4, -0.2) is 12.6 Å². The molecule has 0 heterocycles. The van der Waals surface area contributed by atoms with E-state index in [0.29, 0.717) is 0 Å². The Morgan fingerprint density at radius 1 is 1.11 bits per heavy atom. The number of nitrogens with one attached hydrogen (secondary N) is 1. The maximum atomic E-state index is 9.01. The largest absolute Gasteiger partial charge is 0.497 e. The van der Waals surface area contributed by atoms with E-state index < -0.39 is 5.54 Å². The standard InChI is InChI=1S/C15H16N2O/c1-15(2,10-16)17-13-6-4-12-9-14(18-3)7-5-11(12)8-13/h4-9,17H,1-3H3. The Labute approximate surface area is 107 Å². The molecule has 0 bridgehead atoms. The molecule has 92 valence electrons. The molecule has 0 unspecified atom stereocenters. The molecule has 3 heteroatoms. The predicted octanol–water partition coefficient (Wildman–Crippen LogP) is 3.56. The van der Waals surface area contributed by atoms with E-state index in [1.165, 1.54) is 0 Å². The van der Waals surface area contributed by atoms with Gasteiger partial charge in [0.15, 0.2) is 0 Å². The lowest BCUT2D eigenvalue weighted by molar-refractivity contribution is 0.415. The lowest BCUT2D eigenvalue weighted by atomic mass is 10.1. The number of ether oxygens (including phenoxy) is 1. The van der Waals surface area contributed by atoms with Crippen LogP contribution in [0.15, 0.2) is 36.4 Å². The number of rotatable bonds is 3. The van der Waals surface area contributed by atoms with Crippen molar-refractivity contribution in [2.24, 2.45) is 0 Å². The van der Waals surface area contributed by atoms with Crippen molar-refractivity contribution in [3.63, 3.8) is 0 Å². The number of nitrogens with zero attached hydrogens (tertiary/aromatic N) is 1. The summed E-state index contributed by atoms with van der Waals surface area (Å²) in [6, 6.07) is 14.2. The van der Waals surface area contributed by atoms with E-state index >= 15 is 0 Å². The fourth-order valence-corrected chi connectivity index (χ4v) is 1.82. The van der Waals surface area contributed by atoms with E-state index in [2.05, 4.69) is 11.4 Å². The average molecular weight is 240 g/mol. The van der Waals surface area contributed by atoms with Crippen molar-refractivity contribution in [1.29, 1.82) is 5.26 Å². The molecule has 2 aromatic rings. The fraction of sp³-hybridized carbons (Fsp3) is 0.267. The van der Waals surface area contributed by atoms with E-state index in [1.54, 1.807) is 7.11 Å². The topological polar surface area (TPSA) is 45.0 Å². The molecule has 0 aromatic heterocycles. The number of fused-ring (bicyclic) bond motifs is 1. The highest BCUT2D eigenvalue weighted by atomic mass is 16.5. The van der Waals surface area contributed by atoms with Crippen molar-refractivity contribution in [3.05, 3.63) is 36.4 Å². The minimum absolute atomic E-state index is 0.569. The zero-order valence-corrected chi connectivity index (χ0v) is 10.8. The molecule has 0 amide bonds. The predicted molar refractivity (Wildman–Crippen MR) is 73.8 cm³/mol. The van der Waals surface area contributed by atoms with Gasteiger partial charge in [0.25, 0.3) is 0 Å². The van der Waals surface area contributed by atoms with Crippen molar-refractivity contribution < 1.29 is 4.74 Å². The van der Waals surface area contributed by atoms with Gasteiger partial charge in [0.2, 0.25) is 0 Å². The van der Waals surface area contributed by atoms with Crippen molar-refractivity contribution in [2.45, 2.75) is 19.4 Å². The highest BCUT2D eigenvalue weighted by Crippen LogP contribution is 2.25. The van der Waals surface area contributed by atoms with Crippen LogP contribution < -0.4 is 10.1 Å². The summed E-state index contributed by atoms with van der Waals surface area (Å²) < 4.78 is 5.19. The monoisotopic (exact) mass is 240 g/mol. The zero-order chi connectivity index (χ0) is 13.2. The van der Waals surface area contributed by atoms with Crippen molar-refractivity contribution >= 4 is 16.5 Å². The van der Waals surface area contributed by atoms with Gasteiger partial charge in [-0.1, -0.05) is 12.1 Å². The summed E-state index contributed by atoms with van der Waals surface area (Å²) in [4.78, 5) is 0. The van der Waals surface area contributed by atoms with Crippen LogP contribution in [0.1, 0.15) is 13.8 Å². The van der Waals surface area contributed by atoms with Crippen LogP contribution in [0.3, 0.4) is 0 Å². The molecule has 0 aliphatic carbocycles. The number of hydrogen-bond acceptors (Lipinski definition) is 3. The second kappa shape index (κ2) is 4.58. The number of anilines is 1. The van der Waals surface area contributed by atoms with Crippen LogP contribution in [-0.2, 0) is 0 Å². The molecule has 3 nitrogen and oxygen atoms in total. The summed E-state index contributed by atoms with van der Waals surface area (Å²) >= 11 is 0. The minimum atomic E-state index is -0.569. The highest BCUT2D eigenvalue weighted by molar-refractivity contribution is 5.87. The van der Waals surface area contributed by atoms with E-state index in [0.717, 1.165) is 22.2 Å². The molecule has 0 aliphatic rings. The molecule has 0 atom stereocenters. The Hall–Kier alpha value is -2.21. The van der Waals surface area contributed by atoms with Gasteiger partial charge in [-0.05, 0) is 48.9 Å². The third kappa shape index (κ3) is 2.54. The molecule has 18 heavy (non-hydrogen) atoms. The maximum absolute atomic E-state index is 9.01. The Morgan fingerprint density at radius 2 is 1.78 bits per heavy atom. The van der Waals surface area contributed by atoms with Gasteiger partial charge in [-0.2, -0.15) is 5.26 Å². The smallest absolute Gasteiger partial charge is 0.119 e. The average Bonchev–Trinajstić information content (AvgIpc) is 2.37. The summed E-state index contributed by atoms with van der Waals surface area (Å²) in [7, 11) is 1.66. The van der Waals surface area contributed by atoms with Gasteiger partial charge in [-0.15, -0.1) is 0 Å². The molecule has 0 spiro atoms. The SMILES string of the molecule is COc1ccc2cc(NC(C)(C)C#N)ccc2c1. The summed E-state index contributed by atoms with van der Waals surface area (Å²) in [6.07, 6.45) is 0. The Balaban J connectivity index is 2.37. The van der Waals surface area contributed by atoms with E-state index in [1.807, 2.05) is 50.2 Å². The maximum Gasteiger partial charge on any atom is 0.119 e. The van der Waals surface area contributed by atoms with Gasteiger partial charge in [0, 0.05) is 5.69 Å². The molecule has 0 fully saturated rings. The van der Waals surface area contributed by atoms with Crippen LogP contribution in [0.4, 0.5) is 5.69 Å². The summed E-state index contributed by atoms with van der Waals surface area (Å²) in [6.45, 7) is 3.70. The molecule has 0 radical (unpaired) electrons. The molecule has 1 N–H and O–H groups in total. The van der Waals surface area contributed by atoms with E-state index in [-0.39, 0.29) is 0 Å². The summed E-state index contributed by atoms with van der Waals surface area (Å²) in [5, 5.41) is 14.4. The molecular weight excluding hydrogens is 224 g/mol. The molecule has 0 saturated carbocycles. The summed E-state index contributed by atoms with van der Waals surface area (Å²) in [5.74, 6) is 0.848. The minimum Gasteiger partial charge on any atom is -0.497 e. The lowest BCUT2D eigenvalue weighted by Crippen LogP contribution is -2.28. The van der Waals surface area contributed by atoms with Crippen LogP contribution in [0.5, 0.6) is 5.75 Å². The van der Waals surface area contributed by atoms with Crippen molar-refractivity contribution in [1.82, 2.24) is 0 Å². The summed E-state index contributed by atoms with van der Waals surface area (Å²) in [5.41, 5.74) is 0.374. The first-order chi connectivity index (χ1) is 8.54. The molecule has 0 aliphatic heterocycles. The van der Waals surface area contributed by atoms with Crippen LogP contribution in [0, 0.1) is 11.3 Å². The van der Waals surface area contributed by atoms with Gasteiger partial charge in [0.1, 0.15) is 11.3 Å². The Morgan fingerprint density at radius 3 is 2.44 bits per heavy atom. The quantitative estimate of drug-likeness (QED) is 0.892. The molecule has 2 rings (SSSR count). The van der Waals surface area contributed by atoms with Gasteiger partial charge < -0.3 is 10.1 Å². The molecular formula is C15H16N2O. The van der Waals surface area contributed by atoms with Crippen molar-refractivity contribution in [3.8, 4) is 11.8 Å². The van der Waals surface area contributed by atoms with E-state index in [9.17, 15) is 0 Å². The first-order valence-corrected chi connectivity index (χ1v) is 5.81. The van der Waals surface area contributed by atoms with Gasteiger partial charge >= 0.3 is 0 Å². The normalized spacial score (nSPS) is 11.0. The molecule has 2 aromatic carbocycles. The van der Waals surface area contributed by atoms with Gasteiger partial charge in [0.05, 0.1) is 13.2 Å².